The fraction of sp³-hybridized carbons (Fsp3) is 0.333. The number of nitrogens with zero attached hydrogens (tertiary/aromatic N) is 2. The van der Waals surface area contributed by atoms with Crippen LogP contribution in [0.25, 0.3) is 0 Å². The molecule has 3 aromatic carbocycles. The SMILES string of the molecule is CCOc1ccc(S(=O)(=O)N(CC(=O)N(Cc2ccccc2)[C@@H](C)C(=O)NCC(C)C)c2ccccc2)cc1. The molecular weight excluding hydrogens is 514 g/mol. The Balaban J connectivity index is 1.96. The highest BCUT2D eigenvalue weighted by Gasteiger charge is 2.32. The lowest BCUT2D eigenvalue weighted by molar-refractivity contribution is -0.139. The Morgan fingerprint density at radius 2 is 1.46 bits per heavy atom. The van der Waals surface area contributed by atoms with Crippen LogP contribution in [-0.4, -0.2) is 50.9 Å². The number of carbonyl (C=O) groups is 2. The van der Waals surface area contributed by atoms with Gasteiger partial charge in [-0.25, -0.2) is 8.42 Å². The van der Waals surface area contributed by atoms with Gasteiger partial charge in [0.15, 0.2) is 0 Å². The number of para-hydroxylation sites is 1. The maximum Gasteiger partial charge on any atom is 0.264 e. The molecule has 39 heavy (non-hydrogen) atoms. The first kappa shape index (κ1) is 29.7. The highest BCUT2D eigenvalue weighted by atomic mass is 32.2. The summed E-state index contributed by atoms with van der Waals surface area (Å²) >= 11 is 0. The topological polar surface area (TPSA) is 96.0 Å². The Morgan fingerprint density at radius 1 is 0.872 bits per heavy atom. The van der Waals surface area contributed by atoms with E-state index < -0.39 is 28.5 Å². The second kappa shape index (κ2) is 13.8. The third kappa shape index (κ3) is 8.07. The molecule has 0 bridgehead atoms. The van der Waals surface area contributed by atoms with Crippen molar-refractivity contribution >= 4 is 27.5 Å². The average Bonchev–Trinajstić information content (AvgIpc) is 2.94. The summed E-state index contributed by atoms with van der Waals surface area (Å²) in [6.07, 6.45) is 0. The molecule has 8 nitrogen and oxygen atoms in total. The zero-order valence-corrected chi connectivity index (χ0v) is 23.7. The summed E-state index contributed by atoms with van der Waals surface area (Å²) in [4.78, 5) is 28.3. The molecule has 1 atom stereocenters. The van der Waals surface area contributed by atoms with Crippen molar-refractivity contribution in [3.05, 3.63) is 90.5 Å². The lowest BCUT2D eigenvalue weighted by Crippen LogP contribution is -2.51. The van der Waals surface area contributed by atoms with Gasteiger partial charge < -0.3 is 15.0 Å². The van der Waals surface area contributed by atoms with Gasteiger partial charge in [0.25, 0.3) is 10.0 Å². The van der Waals surface area contributed by atoms with Crippen LogP contribution in [0.1, 0.15) is 33.3 Å². The van der Waals surface area contributed by atoms with Crippen LogP contribution in [-0.2, 0) is 26.2 Å². The zero-order valence-electron chi connectivity index (χ0n) is 22.9. The van der Waals surface area contributed by atoms with Crippen LogP contribution in [0.3, 0.4) is 0 Å². The van der Waals surface area contributed by atoms with Crippen LogP contribution in [0.5, 0.6) is 5.75 Å². The molecule has 0 aliphatic rings. The van der Waals surface area contributed by atoms with Gasteiger partial charge in [-0.2, -0.15) is 0 Å². The number of rotatable bonds is 13. The molecule has 9 heteroatoms. The van der Waals surface area contributed by atoms with Crippen molar-refractivity contribution in [3.63, 3.8) is 0 Å². The highest BCUT2D eigenvalue weighted by molar-refractivity contribution is 7.92. The number of ether oxygens (including phenoxy) is 1. The van der Waals surface area contributed by atoms with Crippen LogP contribution < -0.4 is 14.4 Å². The predicted molar refractivity (Wildman–Crippen MR) is 153 cm³/mol. The van der Waals surface area contributed by atoms with E-state index in [-0.39, 0.29) is 23.3 Å². The first-order valence-corrected chi connectivity index (χ1v) is 14.5. The Labute approximate surface area is 231 Å². The zero-order chi connectivity index (χ0) is 28.4. The largest absolute Gasteiger partial charge is 0.494 e. The molecule has 0 fully saturated rings. The summed E-state index contributed by atoms with van der Waals surface area (Å²) in [6.45, 7) is 8.08. The van der Waals surface area contributed by atoms with Gasteiger partial charge in [-0.05, 0) is 61.7 Å². The van der Waals surface area contributed by atoms with Crippen molar-refractivity contribution in [2.24, 2.45) is 5.92 Å². The van der Waals surface area contributed by atoms with Crippen molar-refractivity contribution in [1.82, 2.24) is 10.2 Å². The van der Waals surface area contributed by atoms with E-state index in [1.54, 1.807) is 49.4 Å². The van der Waals surface area contributed by atoms with Crippen molar-refractivity contribution in [1.29, 1.82) is 0 Å². The molecule has 0 spiro atoms. The predicted octanol–water partition coefficient (Wildman–Crippen LogP) is 4.47. The van der Waals surface area contributed by atoms with Gasteiger partial charge in [0.2, 0.25) is 11.8 Å². The van der Waals surface area contributed by atoms with E-state index in [9.17, 15) is 18.0 Å². The normalized spacial score (nSPS) is 12.0. The van der Waals surface area contributed by atoms with Crippen molar-refractivity contribution in [2.75, 3.05) is 24.0 Å². The molecule has 3 rings (SSSR count). The number of hydrogen-bond donors (Lipinski definition) is 1. The minimum absolute atomic E-state index is 0.0277. The number of sulfonamides is 1. The molecule has 2 amide bonds. The van der Waals surface area contributed by atoms with E-state index in [0.717, 1.165) is 9.87 Å². The molecule has 1 N–H and O–H groups in total. The van der Waals surface area contributed by atoms with E-state index in [0.29, 0.717) is 24.6 Å². The molecule has 0 unspecified atom stereocenters. The van der Waals surface area contributed by atoms with Gasteiger partial charge in [-0.1, -0.05) is 62.4 Å². The fourth-order valence-corrected chi connectivity index (χ4v) is 5.35. The molecule has 0 radical (unpaired) electrons. The van der Waals surface area contributed by atoms with Gasteiger partial charge in [0.1, 0.15) is 18.3 Å². The minimum Gasteiger partial charge on any atom is -0.494 e. The van der Waals surface area contributed by atoms with E-state index in [4.69, 9.17) is 4.74 Å². The molecular formula is C30H37N3O5S. The summed E-state index contributed by atoms with van der Waals surface area (Å²) in [7, 11) is -4.12. The van der Waals surface area contributed by atoms with Crippen molar-refractivity contribution in [3.8, 4) is 5.75 Å². The number of benzene rings is 3. The maximum atomic E-state index is 13.9. The first-order chi connectivity index (χ1) is 18.6. The summed E-state index contributed by atoms with van der Waals surface area (Å²) in [6, 6.07) is 23.1. The molecule has 3 aromatic rings. The quantitative estimate of drug-likeness (QED) is 0.338. The maximum absolute atomic E-state index is 13.9. The van der Waals surface area contributed by atoms with Crippen LogP contribution >= 0.6 is 0 Å². The molecule has 0 aliphatic heterocycles. The lowest BCUT2D eigenvalue weighted by Gasteiger charge is -2.32. The monoisotopic (exact) mass is 551 g/mol. The second-order valence-corrected chi connectivity index (χ2v) is 11.4. The summed E-state index contributed by atoms with van der Waals surface area (Å²) in [5.41, 5.74) is 1.17. The molecule has 0 saturated carbocycles. The number of nitrogens with one attached hydrogen (secondary N) is 1. The summed E-state index contributed by atoms with van der Waals surface area (Å²) in [5, 5.41) is 2.88. The van der Waals surface area contributed by atoms with Crippen molar-refractivity contribution < 1.29 is 22.7 Å². The van der Waals surface area contributed by atoms with E-state index in [1.165, 1.54) is 17.0 Å². The lowest BCUT2D eigenvalue weighted by atomic mass is 10.1. The Morgan fingerprint density at radius 3 is 2.03 bits per heavy atom. The molecule has 208 valence electrons. The van der Waals surface area contributed by atoms with Crippen LogP contribution in [0, 0.1) is 5.92 Å². The highest BCUT2D eigenvalue weighted by Crippen LogP contribution is 2.26. The summed E-state index contributed by atoms with van der Waals surface area (Å²) in [5.74, 6) is -0.000611. The van der Waals surface area contributed by atoms with Gasteiger partial charge in [0, 0.05) is 13.1 Å². The molecule has 0 heterocycles. The fourth-order valence-electron chi connectivity index (χ4n) is 3.94. The number of hydrogen-bond acceptors (Lipinski definition) is 5. The van der Waals surface area contributed by atoms with Crippen LogP contribution in [0.2, 0.25) is 0 Å². The second-order valence-electron chi connectivity index (χ2n) is 9.57. The summed E-state index contributed by atoms with van der Waals surface area (Å²) < 4.78 is 34.2. The van der Waals surface area contributed by atoms with Gasteiger partial charge >= 0.3 is 0 Å². The Kier molecular flexibility index (Phi) is 10.5. The van der Waals surface area contributed by atoms with E-state index in [1.807, 2.05) is 51.1 Å². The van der Waals surface area contributed by atoms with Crippen molar-refractivity contribution in [2.45, 2.75) is 45.2 Å². The van der Waals surface area contributed by atoms with Crippen LogP contribution in [0.15, 0.2) is 89.8 Å². The number of anilines is 1. The smallest absolute Gasteiger partial charge is 0.264 e. The average molecular weight is 552 g/mol. The minimum atomic E-state index is -4.12. The Bertz CT molecular complexity index is 1310. The van der Waals surface area contributed by atoms with Gasteiger partial charge in [-0.15, -0.1) is 0 Å². The Hall–Kier alpha value is -3.85. The van der Waals surface area contributed by atoms with Gasteiger partial charge in [-0.3, -0.25) is 13.9 Å². The third-order valence-electron chi connectivity index (χ3n) is 6.09. The van der Waals surface area contributed by atoms with E-state index >= 15 is 0 Å². The molecule has 0 aliphatic carbocycles. The van der Waals surface area contributed by atoms with Crippen LogP contribution in [0.4, 0.5) is 5.69 Å². The van der Waals surface area contributed by atoms with Gasteiger partial charge in [0.05, 0.1) is 17.2 Å². The molecule has 0 aromatic heterocycles. The first-order valence-electron chi connectivity index (χ1n) is 13.0. The number of amides is 2. The van der Waals surface area contributed by atoms with E-state index in [2.05, 4.69) is 5.32 Å². The number of carbonyl (C=O) groups excluding carboxylic acids is 2. The standard InChI is InChI=1S/C30H37N3O5S/c1-5-38-27-16-18-28(19-17-27)39(36,37)33(26-14-10-7-11-15-26)22-29(34)32(21-25-12-8-6-9-13-25)24(4)30(35)31-20-23(2)3/h6-19,23-24H,5,20-22H2,1-4H3,(H,31,35)/t24-/m0/s1. The third-order valence-corrected chi connectivity index (χ3v) is 7.88. The molecule has 0 saturated heterocycles.